The first kappa shape index (κ1) is 28.5. The summed E-state index contributed by atoms with van der Waals surface area (Å²) in [5.74, 6) is -2.80. The maximum absolute atomic E-state index is 12.6. The van der Waals surface area contributed by atoms with Gasteiger partial charge >= 0.3 is 6.03 Å². The number of ether oxygens (including phenoxy) is 1. The van der Waals surface area contributed by atoms with E-state index in [1.807, 2.05) is 0 Å². The highest BCUT2D eigenvalue weighted by atomic mass is 35.5. The van der Waals surface area contributed by atoms with E-state index in [4.69, 9.17) is 33.3 Å². The molecule has 37 heavy (non-hydrogen) atoms. The molecule has 1 aromatic carbocycles. The lowest BCUT2D eigenvalue weighted by Crippen LogP contribution is -2.40. The Morgan fingerprint density at radius 1 is 1.22 bits per heavy atom. The first-order chi connectivity index (χ1) is 17.3. The summed E-state index contributed by atoms with van der Waals surface area (Å²) >= 11 is 12.3. The maximum Gasteiger partial charge on any atom is 0.326 e. The monoisotopic (exact) mass is 581 g/mol. The van der Waals surface area contributed by atoms with Crippen LogP contribution >= 0.6 is 23.2 Å². The van der Waals surface area contributed by atoms with Crippen molar-refractivity contribution < 1.29 is 41.7 Å². The van der Waals surface area contributed by atoms with E-state index in [2.05, 4.69) is 15.0 Å². The van der Waals surface area contributed by atoms with Crippen molar-refractivity contribution in [1.29, 1.82) is 5.41 Å². The number of halogens is 4. The van der Waals surface area contributed by atoms with Crippen LogP contribution in [0.15, 0.2) is 29.3 Å². The molecule has 0 saturated heterocycles. The van der Waals surface area contributed by atoms with Crippen LogP contribution < -0.4 is 20.1 Å². The van der Waals surface area contributed by atoms with Crippen LogP contribution in [-0.4, -0.2) is 60.3 Å². The van der Waals surface area contributed by atoms with Crippen LogP contribution in [-0.2, 0) is 14.8 Å². The number of benzene rings is 1. The van der Waals surface area contributed by atoms with Gasteiger partial charge in [-0.25, -0.2) is 31.7 Å². The van der Waals surface area contributed by atoms with E-state index in [-0.39, 0.29) is 39.8 Å². The molecule has 1 heterocycles. The second-order valence-corrected chi connectivity index (χ2v) is 10.4. The molecule has 0 unspecified atom stereocenters. The van der Waals surface area contributed by atoms with E-state index in [1.165, 1.54) is 5.32 Å². The molecule has 1 aliphatic carbocycles. The summed E-state index contributed by atoms with van der Waals surface area (Å²) in [5, 5.41) is 29.5. The van der Waals surface area contributed by atoms with Gasteiger partial charge in [0.05, 0.1) is 22.3 Å². The van der Waals surface area contributed by atoms with Crippen LogP contribution in [0.5, 0.6) is 17.4 Å². The Morgan fingerprint density at radius 2 is 1.84 bits per heavy atom. The lowest BCUT2D eigenvalue weighted by Gasteiger charge is -2.31. The van der Waals surface area contributed by atoms with E-state index in [9.17, 15) is 37.0 Å². The number of hydrogen-bond acceptors (Lipinski definition) is 9. The molecule has 200 valence electrons. The highest BCUT2D eigenvalue weighted by Gasteiger charge is 2.29. The molecule has 1 saturated carbocycles. The van der Waals surface area contributed by atoms with Crippen molar-refractivity contribution in [3.63, 3.8) is 0 Å². The van der Waals surface area contributed by atoms with E-state index >= 15 is 0 Å². The Balaban J connectivity index is 1.72. The summed E-state index contributed by atoms with van der Waals surface area (Å²) in [6, 6.07) is 1.94. The smallest absolute Gasteiger partial charge is 0.326 e. The zero-order chi connectivity index (χ0) is 27.5. The van der Waals surface area contributed by atoms with E-state index in [0.717, 1.165) is 24.4 Å². The van der Waals surface area contributed by atoms with Crippen molar-refractivity contribution in [3.05, 3.63) is 34.4 Å². The second kappa shape index (κ2) is 11.5. The molecule has 1 fully saturated rings. The Morgan fingerprint density at radius 3 is 2.41 bits per heavy atom. The number of rotatable bonds is 9. The molecular weight excluding hydrogens is 563 g/mol. The number of aliphatic hydroxyl groups excluding tert-OH is 1. The minimum atomic E-state index is -4.17. The summed E-state index contributed by atoms with van der Waals surface area (Å²) in [6.07, 6.45) is -2.08. The SMILES string of the molecule is N=C(C(=O)NC(=O)Nc1cc(Cl)c(Oc2cc(S(=O)(=O)NC[C@H]3C[C@@H](O)C3)c(O)cn2)c(Cl)c1)C(F)F. The highest BCUT2D eigenvalue weighted by Crippen LogP contribution is 2.39. The lowest BCUT2D eigenvalue weighted by atomic mass is 9.83. The van der Waals surface area contributed by atoms with Gasteiger partial charge in [0.25, 0.3) is 12.3 Å². The predicted octanol–water partition coefficient (Wildman–Crippen LogP) is 2.87. The van der Waals surface area contributed by atoms with Crippen LogP contribution in [0.4, 0.5) is 19.3 Å². The molecule has 3 amide bonds. The Hall–Kier alpha value is -3.11. The molecule has 1 aliphatic rings. The molecule has 0 bridgehead atoms. The van der Waals surface area contributed by atoms with Crippen LogP contribution in [0.3, 0.4) is 0 Å². The van der Waals surface area contributed by atoms with Crippen LogP contribution in [0.25, 0.3) is 0 Å². The Kier molecular flexibility index (Phi) is 8.86. The van der Waals surface area contributed by atoms with Crippen molar-refractivity contribution in [2.75, 3.05) is 11.9 Å². The van der Waals surface area contributed by atoms with Crippen LogP contribution in [0.1, 0.15) is 12.8 Å². The van der Waals surface area contributed by atoms with Gasteiger partial charge in [-0.2, -0.15) is 0 Å². The number of nitrogens with zero attached hydrogens (tertiary/aromatic N) is 1. The zero-order valence-corrected chi connectivity index (χ0v) is 20.8. The number of aromatic nitrogens is 1. The third-order valence-electron chi connectivity index (χ3n) is 5.04. The molecule has 6 N–H and O–H groups in total. The van der Waals surface area contributed by atoms with Gasteiger partial charge in [-0.05, 0) is 30.9 Å². The van der Waals surface area contributed by atoms with Crippen molar-refractivity contribution in [2.45, 2.75) is 30.3 Å². The summed E-state index contributed by atoms with van der Waals surface area (Å²) in [6.45, 7) is 0.0614. The number of urea groups is 1. The standard InChI is InChI=1S/C20H19Cl2F2N5O7S/c21-11-3-9(28-20(33)29-19(32)16(25)18(23)24)4-12(22)17(11)36-15-5-14(13(31)7-26-15)37(34,35)27-6-8-1-10(30)2-8/h3-5,7-8,10,18,25,27,30-31H,1-2,6H2,(H2,28,29,32,33)/t8-,10+. The van der Waals surface area contributed by atoms with Crippen molar-refractivity contribution >= 4 is 56.6 Å². The first-order valence-electron chi connectivity index (χ1n) is 10.3. The van der Waals surface area contributed by atoms with Crippen molar-refractivity contribution in [2.24, 2.45) is 5.92 Å². The number of imide groups is 1. The molecule has 2 aromatic rings. The number of nitrogens with one attached hydrogen (secondary N) is 4. The number of pyridine rings is 1. The van der Waals surface area contributed by atoms with Crippen molar-refractivity contribution in [1.82, 2.24) is 15.0 Å². The number of aliphatic hydroxyl groups is 1. The van der Waals surface area contributed by atoms with Gasteiger partial charge in [0.2, 0.25) is 15.9 Å². The summed E-state index contributed by atoms with van der Waals surface area (Å²) in [4.78, 5) is 26.5. The maximum atomic E-state index is 12.6. The highest BCUT2D eigenvalue weighted by molar-refractivity contribution is 7.89. The van der Waals surface area contributed by atoms with Gasteiger partial charge in [0.1, 0.15) is 4.90 Å². The average Bonchev–Trinajstić information content (AvgIpc) is 2.78. The third-order valence-corrected chi connectivity index (χ3v) is 7.05. The van der Waals surface area contributed by atoms with E-state index < -0.39 is 50.8 Å². The average molecular weight is 582 g/mol. The number of carbonyl (C=O) groups is 2. The fourth-order valence-corrected chi connectivity index (χ4v) is 4.88. The normalized spacial score (nSPS) is 17.1. The molecule has 12 nitrogen and oxygen atoms in total. The summed E-state index contributed by atoms with van der Waals surface area (Å²) in [5.41, 5.74) is -1.68. The molecule has 1 aromatic heterocycles. The number of aromatic hydroxyl groups is 1. The molecule has 17 heteroatoms. The van der Waals surface area contributed by atoms with Gasteiger partial charge in [-0.1, -0.05) is 23.2 Å². The number of anilines is 1. The molecule has 0 atom stereocenters. The number of carbonyl (C=O) groups excluding carboxylic acids is 2. The largest absolute Gasteiger partial charge is 0.505 e. The lowest BCUT2D eigenvalue weighted by molar-refractivity contribution is -0.114. The van der Waals surface area contributed by atoms with Gasteiger partial charge in [0.15, 0.2) is 17.2 Å². The minimum Gasteiger partial charge on any atom is -0.505 e. The van der Waals surface area contributed by atoms with Gasteiger partial charge in [0, 0.05) is 18.3 Å². The quantitative estimate of drug-likeness (QED) is 0.243. The Bertz CT molecular complexity index is 1320. The van der Waals surface area contributed by atoms with Gasteiger partial charge in [-0.15, -0.1) is 0 Å². The van der Waals surface area contributed by atoms with Crippen LogP contribution in [0, 0.1) is 11.3 Å². The van der Waals surface area contributed by atoms with Gasteiger partial charge < -0.3 is 20.3 Å². The first-order valence-corrected chi connectivity index (χ1v) is 12.5. The molecule has 3 rings (SSSR count). The molecule has 0 aliphatic heterocycles. The van der Waals surface area contributed by atoms with Crippen LogP contribution in [0.2, 0.25) is 10.0 Å². The number of alkyl halides is 2. The van der Waals surface area contributed by atoms with Crippen molar-refractivity contribution in [3.8, 4) is 17.4 Å². The van der Waals surface area contributed by atoms with E-state index in [0.29, 0.717) is 12.8 Å². The summed E-state index contributed by atoms with van der Waals surface area (Å²) in [7, 11) is -4.17. The number of amides is 3. The predicted molar refractivity (Wildman–Crippen MR) is 127 cm³/mol. The van der Waals surface area contributed by atoms with E-state index in [1.54, 1.807) is 0 Å². The fraction of sp³-hybridized carbons (Fsp3) is 0.300. The second-order valence-electron chi connectivity index (χ2n) is 7.83. The third kappa shape index (κ3) is 7.23. The molecule has 0 radical (unpaired) electrons. The molecular formula is C20H19Cl2F2N5O7S. The minimum absolute atomic E-state index is 0.0362. The zero-order valence-electron chi connectivity index (χ0n) is 18.5. The Labute approximate surface area is 218 Å². The fourth-order valence-electron chi connectivity index (χ4n) is 3.12. The topological polar surface area (TPSA) is 191 Å². The number of sulfonamides is 1. The summed E-state index contributed by atoms with van der Waals surface area (Å²) < 4.78 is 57.8. The molecule has 0 spiro atoms. The number of hydrogen-bond donors (Lipinski definition) is 6. The van der Waals surface area contributed by atoms with Gasteiger partial charge in [-0.3, -0.25) is 15.5 Å².